The van der Waals surface area contributed by atoms with E-state index in [4.69, 9.17) is 11.6 Å². The molecule has 2 amide bonds. The Morgan fingerprint density at radius 3 is 2.83 bits per heavy atom. The van der Waals surface area contributed by atoms with Crippen LogP contribution in [0.25, 0.3) is 0 Å². The lowest BCUT2D eigenvalue weighted by molar-refractivity contribution is 0.0977. The highest BCUT2D eigenvalue weighted by Crippen LogP contribution is 2.30. The zero-order chi connectivity index (χ0) is 17.1. The standard InChI is InChI=1S/C17H13ClN4O2/c18-13-5-4-11(9-15(13)22-8-7-21-17(22)24)16(23)12(10-19)14-3-1-2-6-20-14/h1-6,9,12H,7-8H2,(H,21,24). The first kappa shape index (κ1) is 16.0. The maximum Gasteiger partial charge on any atom is 0.322 e. The first-order valence-corrected chi connectivity index (χ1v) is 7.69. The summed E-state index contributed by atoms with van der Waals surface area (Å²) in [4.78, 5) is 30.1. The van der Waals surface area contributed by atoms with E-state index in [0.29, 0.717) is 35.1 Å². The Bertz CT molecular complexity index is 832. The first-order valence-electron chi connectivity index (χ1n) is 7.31. The van der Waals surface area contributed by atoms with Crippen molar-refractivity contribution < 1.29 is 9.59 Å². The monoisotopic (exact) mass is 340 g/mol. The van der Waals surface area contributed by atoms with E-state index in [1.807, 2.05) is 6.07 Å². The normalized spacial score (nSPS) is 14.8. The first-order chi connectivity index (χ1) is 11.6. The van der Waals surface area contributed by atoms with E-state index in [9.17, 15) is 14.9 Å². The topological polar surface area (TPSA) is 86.1 Å². The Morgan fingerprint density at radius 2 is 2.21 bits per heavy atom. The molecule has 1 saturated heterocycles. The molecule has 0 bridgehead atoms. The van der Waals surface area contributed by atoms with Crippen LogP contribution < -0.4 is 10.2 Å². The lowest BCUT2D eigenvalue weighted by Crippen LogP contribution is -2.28. The van der Waals surface area contributed by atoms with Crippen LogP contribution in [0.2, 0.25) is 5.02 Å². The van der Waals surface area contributed by atoms with Crippen molar-refractivity contribution in [3.8, 4) is 6.07 Å². The third-order valence-electron chi connectivity index (χ3n) is 3.75. The summed E-state index contributed by atoms with van der Waals surface area (Å²) in [6.07, 6.45) is 1.54. The van der Waals surface area contributed by atoms with Gasteiger partial charge in [0.15, 0.2) is 11.7 Å². The van der Waals surface area contributed by atoms with Gasteiger partial charge in [0.25, 0.3) is 0 Å². The number of aromatic nitrogens is 1. The number of nitrogens with one attached hydrogen (secondary N) is 1. The summed E-state index contributed by atoms with van der Waals surface area (Å²) in [6.45, 7) is 0.986. The van der Waals surface area contributed by atoms with Gasteiger partial charge in [-0.1, -0.05) is 17.7 Å². The van der Waals surface area contributed by atoms with Crippen LogP contribution in [0.1, 0.15) is 22.0 Å². The van der Waals surface area contributed by atoms with Crippen molar-refractivity contribution >= 4 is 29.1 Å². The van der Waals surface area contributed by atoms with Crippen LogP contribution in [0.15, 0.2) is 42.6 Å². The van der Waals surface area contributed by atoms with Crippen molar-refractivity contribution in [2.75, 3.05) is 18.0 Å². The number of Topliss-reactive ketones (excluding diaryl/α,β-unsaturated/α-hetero) is 1. The number of urea groups is 1. The maximum absolute atomic E-state index is 12.7. The number of benzene rings is 1. The van der Waals surface area contributed by atoms with E-state index in [1.54, 1.807) is 36.4 Å². The number of rotatable bonds is 4. The number of halogens is 1. The average Bonchev–Trinajstić information content (AvgIpc) is 3.03. The predicted octanol–water partition coefficient (Wildman–Crippen LogP) is 2.75. The van der Waals surface area contributed by atoms with E-state index in [1.165, 1.54) is 11.1 Å². The molecular weight excluding hydrogens is 328 g/mol. The molecule has 1 aromatic carbocycles. The summed E-state index contributed by atoms with van der Waals surface area (Å²) >= 11 is 6.17. The Kier molecular flexibility index (Phi) is 4.45. The number of pyridine rings is 1. The largest absolute Gasteiger partial charge is 0.336 e. The third-order valence-corrected chi connectivity index (χ3v) is 4.07. The summed E-state index contributed by atoms with van der Waals surface area (Å²) in [6, 6.07) is 11.5. The van der Waals surface area contributed by atoms with Gasteiger partial charge in [-0.25, -0.2) is 4.79 Å². The van der Waals surface area contributed by atoms with Crippen molar-refractivity contribution in [1.29, 1.82) is 5.26 Å². The fraction of sp³-hybridized carbons (Fsp3) is 0.176. The zero-order valence-corrected chi connectivity index (χ0v) is 13.3. The molecule has 2 aromatic rings. The Balaban J connectivity index is 1.96. The van der Waals surface area contributed by atoms with Crippen molar-refractivity contribution in [3.63, 3.8) is 0 Å². The van der Waals surface area contributed by atoms with E-state index >= 15 is 0 Å². The highest BCUT2D eigenvalue weighted by Gasteiger charge is 2.27. The SMILES string of the molecule is N#CC(C(=O)c1ccc(Cl)c(N2CCNC2=O)c1)c1ccccn1. The Labute approximate surface area is 143 Å². The Hall–Kier alpha value is -2.91. The smallest absolute Gasteiger partial charge is 0.322 e. The van der Waals surface area contributed by atoms with Crippen molar-refractivity contribution in [2.45, 2.75) is 5.92 Å². The zero-order valence-electron chi connectivity index (χ0n) is 12.6. The molecule has 2 heterocycles. The molecule has 1 aliphatic rings. The van der Waals surface area contributed by atoms with Gasteiger partial charge >= 0.3 is 6.03 Å². The molecule has 1 unspecified atom stereocenters. The molecule has 0 radical (unpaired) electrons. The fourth-order valence-corrected chi connectivity index (χ4v) is 2.77. The van der Waals surface area contributed by atoms with Crippen LogP contribution in [-0.4, -0.2) is 29.9 Å². The number of hydrogen-bond acceptors (Lipinski definition) is 4. The predicted molar refractivity (Wildman–Crippen MR) is 89.1 cm³/mol. The summed E-state index contributed by atoms with van der Waals surface area (Å²) in [5.74, 6) is -1.39. The lowest BCUT2D eigenvalue weighted by atomic mass is 9.95. The van der Waals surface area contributed by atoms with Gasteiger partial charge < -0.3 is 5.32 Å². The minimum atomic E-state index is -1.01. The second kappa shape index (κ2) is 6.69. The highest BCUT2D eigenvalue weighted by atomic mass is 35.5. The van der Waals surface area contributed by atoms with E-state index in [0.717, 1.165) is 0 Å². The van der Waals surface area contributed by atoms with Gasteiger partial charge in [0.1, 0.15) is 0 Å². The number of anilines is 1. The molecule has 7 heteroatoms. The van der Waals surface area contributed by atoms with Crippen molar-refractivity contribution in [3.05, 3.63) is 58.9 Å². The van der Waals surface area contributed by atoms with Gasteiger partial charge in [0.2, 0.25) is 0 Å². The summed E-state index contributed by atoms with van der Waals surface area (Å²) < 4.78 is 0. The van der Waals surface area contributed by atoms with E-state index < -0.39 is 5.92 Å². The number of ketones is 1. The van der Waals surface area contributed by atoms with Crippen LogP contribution >= 0.6 is 11.6 Å². The molecule has 1 aromatic heterocycles. The molecule has 24 heavy (non-hydrogen) atoms. The number of nitrogens with zero attached hydrogens (tertiary/aromatic N) is 3. The molecule has 0 saturated carbocycles. The van der Waals surface area contributed by atoms with Gasteiger partial charge in [-0.3, -0.25) is 14.7 Å². The maximum atomic E-state index is 12.7. The average molecular weight is 341 g/mol. The molecule has 6 nitrogen and oxygen atoms in total. The molecule has 3 rings (SSSR count). The van der Waals surface area contributed by atoms with Crippen LogP contribution in [0.5, 0.6) is 0 Å². The minimum Gasteiger partial charge on any atom is -0.336 e. The molecule has 120 valence electrons. The molecule has 1 N–H and O–H groups in total. The summed E-state index contributed by atoms with van der Waals surface area (Å²) in [7, 11) is 0. The molecular formula is C17H13ClN4O2. The highest BCUT2D eigenvalue weighted by molar-refractivity contribution is 6.34. The third kappa shape index (κ3) is 2.94. The fourth-order valence-electron chi connectivity index (χ4n) is 2.55. The molecule has 1 aliphatic heterocycles. The van der Waals surface area contributed by atoms with Crippen LogP contribution in [0.3, 0.4) is 0 Å². The van der Waals surface area contributed by atoms with Crippen LogP contribution in [-0.2, 0) is 0 Å². The van der Waals surface area contributed by atoms with Crippen molar-refractivity contribution in [2.24, 2.45) is 0 Å². The number of carbonyl (C=O) groups excluding carboxylic acids is 2. The number of nitriles is 1. The molecule has 0 spiro atoms. The summed E-state index contributed by atoms with van der Waals surface area (Å²) in [5, 5.41) is 12.4. The van der Waals surface area contributed by atoms with Gasteiger partial charge in [-0.15, -0.1) is 0 Å². The second-order valence-electron chi connectivity index (χ2n) is 5.23. The molecule has 1 atom stereocenters. The Morgan fingerprint density at radius 1 is 1.38 bits per heavy atom. The number of carbonyl (C=O) groups is 2. The van der Waals surface area contributed by atoms with E-state index in [-0.39, 0.29) is 11.8 Å². The lowest BCUT2D eigenvalue weighted by Gasteiger charge is -2.17. The van der Waals surface area contributed by atoms with Crippen LogP contribution in [0, 0.1) is 11.3 Å². The van der Waals surface area contributed by atoms with Gasteiger partial charge in [0.05, 0.1) is 22.5 Å². The van der Waals surface area contributed by atoms with E-state index in [2.05, 4.69) is 10.3 Å². The van der Waals surface area contributed by atoms with Gasteiger partial charge in [-0.05, 0) is 30.3 Å². The quantitative estimate of drug-likeness (QED) is 0.867. The minimum absolute atomic E-state index is 0.261. The molecule has 0 aliphatic carbocycles. The van der Waals surface area contributed by atoms with Crippen molar-refractivity contribution in [1.82, 2.24) is 10.3 Å². The molecule has 1 fully saturated rings. The number of amides is 2. The second-order valence-corrected chi connectivity index (χ2v) is 5.64. The summed E-state index contributed by atoms with van der Waals surface area (Å²) in [5.41, 5.74) is 1.15. The van der Waals surface area contributed by atoms with Gasteiger partial charge in [0, 0.05) is 24.8 Å². The van der Waals surface area contributed by atoms with Gasteiger partial charge in [-0.2, -0.15) is 5.26 Å². The number of hydrogen-bond donors (Lipinski definition) is 1. The van der Waals surface area contributed by atoms with Crippen LogP contribution in [0.4, 0.5) is 10.5 Å².